The van der Waals surface area contributed by atoms with Crippen LogP contribution in [0.4, 0.5) is 33.3 Å². The molecule has 3 aromatic heterocycles. The van der Waals surface area contributed by atoms with Gasteiger partial charge in [-0.1, -0.05) is 24.3 Å². The van der Waals surface area contributed by atoms with Gasteiger partial charge in [0.25, 0.3) is 0 Å². The highest BCUT2D eigenvalue weighted by Gasteiger charge is 2.59. The lowest BCUT2D eigenvalue weighted by Gasteiger charge is -2.39. The van der Waals surface area contributed by atoms with Crippen molar-refractivity contribution in [2.75, 3.05) is 36.0 Å². The summed E-state index contributed by atoms with van der Waals surface area (Å²) >= 11 is 0. The molecule has 5 heterocycles. The first-order valence-electron chi connectivity index (χ1n) is 15.1. The maximum absolute atomic E-state index is 16.1. The number of aliphatic hydroxyl groups is 2. The topological polar surface area (TPSA) is 116 Å². The Morgan fingerprint density at radius 1 is 0.792 bits per heavy atom. The molecular weight excluding hydrogens is 635 g/mol. The van der Waals surface area contributed by atoms with Gasteiger partial charge in [0.2, 0.25) is 0 Å². The highest BCUT2D eigenvalue weighted by atomic mass is 19.3. The molecule has 2 aliphatic heterocycles. The van der Waals surface area contributed by atoms with Crippen molar-refractivity contribution < 1.29 is 32.2 Å². The number of tetrazole rings is 1. The number of pyridine rings is 2. The third-order valence-electron chi connectivity index (χ3n) is 9.01. The zero-order chi connectivity index (χ0) is 33.8. The summed E-state index contributed by atoms with van der Waals surface area (Å²) in [5.41, 5.74) is -1.18. The number of alkyl halides is 4. The maximum atomic E-state index is 16.1. The predicted molar refractivity (Wildman–Crippen MR) is 165 cm³/mol. The monoisotopic (exact) mass is 664 g/mol. The first kappa shape index (κ1) is 31.6. The molecule has 15 heteroatoms. The van der Waals surface area contributed by atoms with Crippen LogP contribution in [0, 0.1) is 5.82 Å². The van der Waals surface area contributed by atoms with Gasteiger partial charge in [-0.15, -0.1) is 5.10 Å². The van der Waals surface area contributed by atoms with Gasteiger partial charge in [0.15, 0.2) is 11.4 Å². The zero-order valence-corrected chi connectivity index (χ0v) is 25.5. The van der Waals surface area contributed by atoms with Crippen molar-refractivity contribution in [2.24, 2.45) is 0 Å². The van der Waals surface area contributed by atoms with E-state index in [1.165, 1.54) is 24.5 Å². The molecular formula is C33H29F5N8O2. The number of benzene rings is 2. The minimum atomic E-state index is -3.89. The number of aliphatic hydroxyl groups excluding tert-OH is 1. The summed E-state index contributed by atoms with van der Waals surface area (Å²) in [7, 11) is 0. The van der Waals surface area contributed by atoms with E-state index in [0.717, 1.165) is 47.1 Å². The summed E-state index contributed by atoms with van der Waals surface area (Å²) in [6.07, 6.45) is 0.862. The lowest BCUT2D eigenvalue weighted by molar-refractivity contribution is -0.207. The summed E-state index contributed by atoms with van der Waals surface area (Å²) in [5, 5.41) is 31.8. The van der Waals surface area contributed by atoms with E-state index in [-0.39, 0.29) is 17.0 Å². The molecule has 0 saturated carbocycles. The average Bonchev–Trinajstić information content (AvgIpc) is 3.57. The molecule has 0 aliphatic carbocycles. The van der Waals surface area contributed by atoms with E-state index < -0.39 is 47.3 Å². The molecule has 0 bridgehead atoms. The highest BCUT2D eigenvalue weighted by Crippen LogP contribution is 2.50. The normalized spacial score (nSPS) is 18.8. The number of aromatic nitrogens is 6. The van der Waals surface area contributed by atoms with E-state index in [1.54, 1.807) is 6.07 Å². The number of hydrogen-bond acceptors (Lipinski definition) is 9. The molecule has 0 amide bonds. The number of nitrogens with zero attached hydrogens (tertiary/aromatic N) is 8. The van der Waals surface area contributed by atoms with Crippen LogP contribution in [0.1, 0.15) is 23.9 Å². The maximum Gasteiger partial charge on any atom is 0.323 e. The van der Waals surface area contributed by atoms with Gasteiger partial charge in [0.05, 0.1) is 18.4 Å². The van der Waals surface area contributed by atoms with Crippen LogP contribution in [0.2, 0.25) is 0 Å². The van der Waals surface area contributed by atoms with E-state index in [4.69, 9.17) is 0 Å². The summed E-state index contributed by atoms with van der Waals surface area (Å²) < 4.78 is 75.4. The second-order valence-electron chi connectivity index (χ2n) is 11.9. The van der Waals surface area contributed by atoms with Crippen molar-refractivity contribution in [3.8, 4) is 22.5 Å². The van der Waals surface area contributed by atoms with Gasteiger partial charge in [-0.3, -0.25) is 9.97 Å². The standard InChI is InChI=1S/C33H29F5N8O2/c1-20(47)32(35,36)28-11-8-25(18-40-28)45-14-12-44(13-15-45)24-6-2-21(3-7-24)22-4-10-29(39-17-22)33(37,38)31(48)19-46-30(41-42-43-46)26-16-23(34)5-9-27(26)31/h2-11,16-18,20,47-48H,12-15,19H2,1H3/t20?,31-/m0/s1. The van der Waals surface area contributed by atoms with Crippen LogP contribution in [0.15, 0.2) is 79.1 Å². The number of fused-ring (bicyclic) bond motifs is 3. The molecule has 1 unspecified atom stereocenters. The largest absolute Gasteiger partial charge is 0.387 e. The number of rotatable bonds is 7. The van der Waals surface area contributed by atoms with Gasteiger partial charge in [0, 0.05) is 54.8 Å². The van der Waals surface area contributed by atoms with Gasteiger partial charge >= 0.3 is 11.8 Å². The summed E-state index contributed by atoms with van der Waals surface area (Å²) in [6, 6.07) is 16.2. The van der Waals surface area contributed by atoms with E-state index >= 15 is 8.78 Å². The van der Waals surface area contributed by atoms with E-state index in [2.05, 4.69) is 30.4 Å². The second-order valence-corrected chi connectivity index (χ2v) is 11.9. The zero-order valence-electron chi connectivity index (χ0n) is 25.5. The van der Waals surface area contributed by atoms with Crippen molar-refractivity contribution in [1.82, 2.24) is 30.2 Å². The Balaban J connectivity index is 1.03. The molecule has 2 atom stereocenters. The third-order valence-corrected chi connectivity index (χ3v) is 9.01. The third kappa shape index (κ3) is 5.22. The van der Waals surface area contributed by atoms with Crippen LogP contribution in [-0.4, -0.2) is 72.7 Å². The van der Waals surface area contributed by atoms with Crippen LogP contribution in [0.25, 0.3) is 22.5 Å². The Morgan fingerprint density at radius 2 is 1.42 bits per heavy atom. The molecule has 7 rings (SSSR count). The van der Waals surface area contributed by atoms with Crippen molar-refractivity contribution in [3.05, 3.63) is 102 Å². The van der Waals surface area contributed by atoms with E-state index in [0.29, 0.717) is 37.4 Å². The molecule has 1 fully saturated rings. The lowest BCUT2D eigenvalue weighted by atomic mass is 9.80. The smallest absolute Gasteiger partial charge is 0.323 e. The first-order chi connectivity index (χ1) is 22.9. The minimum absolute atomic E-state index is 0.0292. The molecule has 1 saturated heterocycles. The van der Waals surface area contributed by atoms with Gasteiger partial charge in [-0.25, -0.2) is 9.07 Å². The summed E-state index contributed by atoms with van der Waals surface area (Å²) in [5.74, 6) is -7.93. The second kappa shape index (κ2) is 11.6. The van der Waals surface area contributed by atoms with E-state index in [1.807, 2.05) is 29.2 Å². The lowest BCUT2D eigenvalue weighted by Crippen LogP contribution is -2.49. The van der Waals surface area contributed by atoms with Crippen LogP contribution >= 0.6 is 0 Å². The Hall–Kier alpha value is -5.02. The van der Waals surface area contributed by atoms with Gasteiger partial charge in [0.1, 0.15) is 23.3 Å². The number of anilines is 2. The Labute approximate surface area is 271 Å². The quantitative estimate of drug-likeness (QED) is 0.238. The molecule has 48 heavy (non-hydrogen) atoms. The Bertz CT molecular complexity index is 1930. The van der Waals surface area contributed by atoms with Crippen molar-refractivity contribution in [2.45, 2.75) is 37.0 Å². The van der Waals surface area contributed by atoms with Crippen molar-refractivity contribution in [1.29, 1.82) is 0 Å². The van der Waals surface area contributed by atoms with Gasteiger partial charge in [-0.2, -0.15) is 17.6 Å². The minimum Gasteiger partial charge on any atom is -0.387 e. The summed E-state index contributed by atoms with van der Waals surface area (Å²) in [6.45, 7) is 2.97. The number of halogens is 5. The Morgan fingerprint density at radius 3 is 2.04 bits per heavy atom. The van der Waals surface area contributed by atoms with Crippen molar-refractivity contribution in [3.63, 3.8) is 0 Å². The molecule has 5 aromatic rings. The summed E-state index contributed by atoms with van der Waals surface area (Å²) in [4.78, 5) is 12.1. The van der Waals surface area contributed by atoms with E-state index in [9.17, 15) is 23.4 Å². The van der Waals surface area contributed by atoms with Crippen LogP contribution in [0.5, 0.6) is 0 Å². The van der Waals surface area contributed by atoms with Crippen LogP contribution in [0.3, 0.4) is 0 Å². The Kier molecular flexibility index (Phi) is 7.63. The fraction of sp³-hybridized carbons (Fsp3) is 0.303. The van der Waals surface area contributed by atoms with Crippen molar-refractivity contribution >= 4 is 11.4 Å². The molecule has 248 valence electrons. The average molecular weight is 665 g/mol. The molecule has 10 nitrogen and oxygen atoms in total. The number of hydrogen-bond donors (Lipinski definition) is 2. The molecule has 2 aromatic carbocycles. The fourth-order valence-corrected chi connectivity index (χ4v) is 6.17. The predicted octanol–water partition coefficient (Wildman–Crippen LogP) is 4.73. The van der Waals surface area contributed by atoms with Gasteiger partial charge < -0.3 is 20.0 Å². The van der Waals surface area contributed by atoms with Crippen LogP contribution < -0.4 is 9.80 Å². The first-order valence-corrected chi connectivity index (χ1v) is 15.1. The SMILES string of the molecule is CC(O)C(F)(F)c1ccc(N2CCN(c3ccc(-c4ccc(C(F)(F)[C@]5(O)Cn6nnnc6-c6cc(F)ccc65)nc4)cc3)CC2)cn1. The molecule has 0 spiro atoms. The molecule has 2 N–H and O–H groups in total. The fourth-order valence-electron chi connectivity index (χ4n) is 6.17. The number of piperazine rings is 1. The molecule has 0 radical (unpaired) electrons. The molecule has 2 aliphatic rings. The van der Waals surface area contributed by atoms with Gasteiger partial charge in [-0.05, 0) is 65.4 Å². The van der Waals surface area contributed by atoms with Crippen LogP contribution in [-0.2, 0) is 24.0 Å². The highest BCUT2D eigenvalue weighted by molar-refractivity contribution is 5.67.